The van der Waals surface area contributed by atoms with E-state index in [2.05, 4.69) is 15.3 Å². The van der Waals surface area contributed by atoms with E-state index in [0.717, 1.165) is 10.5 Å². The van der Waals surface area contributed by atoms with E-state index in [1.165, 1.54) is 24.3 Å². The maximum absolute atomic E-state index is 13.3. The van der Waals surface area contributed by atoms with E-state index in [1.807, 2.05) is 0 Å². The lowest BCUT2D eigenvalue weighted by Gasteiger charge is -2.22. The van der Waals surface area contributed by atoms with E-state index >= 15 is 0 Å². The minimum Gasteiger partial charge on any atom is -0.507 e. The van der Waals surface area contributed by atoms with Crippen LogP contribution in [0, 0.1) is 0 Å². The highest BCUT2D eigenvalue weighted by atomic mass is 32.2. The number of alkyl halides is 3. The fourth-order valence-electron chi connectivity index (χ4n) is 4.31. The van der Waals surface area contributed by atoms with Crippen molar-refractivity contribution in [1.82, 2.24) is 19.6 Å². The molecule has 198 valence electrons. The van der Waals surface area contributed by atoms with Crippen molar-refractivity contribution in [2.45, 2.75) is 36.7 Å². The summed E-state index contributed by atoms with van der Waals surface area (Å²) < 4.78 is 71.5. The lowest BCUT2D eigenvalue weighted by Crippen LogP contribution is -2.45. The zero-order chi connectivity index (χ0) is 27.1. The van der Waals surface area contributed by atoms with Gasteiger partial charge in [0.25, 0.3) is 10.0 Å². The van der Waals surface area contributed by atoms with Gasteiger partial charge in [0.15, 0.2) is 5.69 Å². The lowest BCUT2D eigenvalue weighted by molar-refractivity contribution is -0.141. The van der Waals surface area contributed by atoms with Gasteiger partial charge < -0.3 is 14.8 Å². The average Bonchev–Trinajstić information content (AvgIpc) is 3.56. The van der Waals surface area contributed by atoms with Gasteiger partial charge in [-0.15, -0.1) is 0 Å². The van der Waals surface area contributed by atoms with Crippen molar-refractivity contribution in [3.63, 3.8) is 0 Å². The number of halogens is 3. The van der Waals surface area contributed by atoms with Crippen molar-refractivity contribution in [2.75, 3.05) is 6.54 Å². The molecule has 1 aliphatic heterocycles. The van der Waals surface area contributed by atoms with Crippen LogP contribution in [0.3, 0.4) is 0 Å². The highest BCUT2D eigenvalue weighted by molar-refractivity contribution is 7.89. The smallest absolute Gasteiger partial charge is 0.434 e. The van der Waals surface area contributed by atoms with E-state index in [4.69, 9.17) is 4.42 Å². The summed E-state index contributed by atoms with van der Waals surface area (Å²) in [5.74, 6) is -0.737. The number of phenolic OH excluding ortho intramolecular Hbond substituents is 1. The first-order valence-corrected chi connectivity index (χ1v) is 13.0. The Morgan fingerprint density at radius 3 is 2.63 bits per heavy atom. The number of amides is 1. The average molecular weight is 547 g/mol. The lowest BCUT2D eigenvalue weighted by atomic mass is 10.1. The van der Waals surface area contributed by atoms with Crippen molar-refractivity contribution < 1.29 is 35.9 Å². The van der Waals surface area contributed by atoms with Crippen molar-refractivity contribution in [1.29, 1.82) is 0 Å². The molecule has 1 atom stereocenters. The Hall–Kier alpha value is -3.97. The number of fused-ring (bicyclic) bond motifs is 1. The van der Waals surface area contributed by atoms with Gasteiger partial charge in [-0.25, -0.2) is 13.4 Å². The predicted molar refractivity (Wildman–Crippen MR) is 129 cm³/mol. The number of aromatic nitrogens is 2. The first-order valence-electron chi connectivity index (χ1n) is 11.5. The van der Waals surface area contributed by atoms with Gasteiger partial charge in [-0.1, -0.05) is 24.3 Å². The molecule has 2 aromatic heterocycles. The number of para-hydroxylation sites is 1. The van der Waals surface area contributed by atoms with Crippen LogP contribution in [0.15, 0.2) is 70.4 Å². The number of furan rings is 1. The van der Waals surface area contributed by atoms with Gasteiger partial charge in [-0.05, 0) is 36.6 Å². The number of nitrogens with zero attached hydrogens (tertiary/aromatic N) is 3. The molecule has 38 heavy (non-hydrogen) atoms. The molecule has 13 heteroatoms. The molecule has 1 amide bonds. The number of sulfonamides is 1. The second-order valence-corrected chi connectivity index (χ2v) is 10.6. The van der Waals surface area contributed by atoms with E-state index in [1.54, 1.807) is 24.3 Å². The molecule has 2 aromatic carbocycles. The van der Waals surface area contributed by atoms with Crippen LogP contribution in [0.2, 0.25) is 0 Å². The van der Waals surface area contributed by atoms with E-state index in [9.17, 15) is 31.5 Å². The number of benzene rings is 2. The maximum Gasteiger partial charge on any atom is 0.434 e. The molecule has 1 unspecified atom stereocenters. The minimum atomic E-state index is -4.65. The van der Waals surface area contributed by atoms with Gasteiger partial charge in [-0.2, -0.15) is 17.5 Å². The second-order valence-electron chi connectivity index (χ2n) is 8.73. The number of rotatable bonds is 6. The van der Waals surface area contributed by atoms with Crippen LogP contribution in [-0.4, -0.2) is 46.3 Å². The van der Waals surface area contributed by atoms with Crippen molar-refractivity contribution >= 4 is 26.9 Å². The molecule has 1 saturated heterocycles. The van der Waals surface area contributed by atoms with Gasteiger partial charge in [0, 0.05) is 30.1 Å². The standard InChI is InChI=1S/C25H21F3N4O5S/c26-25(27,28)22-14-29-18(13-30-22)17-10-15(7-8-20(17)33)12-31-24(34)19-5-3-9-32(19)38(35,36)23-11-16-4-1-2-6-21(16)37-23/h1-2,4,6-8,10-11,13-14,19,33H,3,5,9,12H2,(H,31,34). The summed E-state index contributed by atoms with van der Waals surface area (Å²) in [6, 6.07) is 11.7. The number of nitrogens with one attached hydrogen (secondary N) is 1. The van der Waals surface area contributed by atoms with E-state index in [0.29, 0.717) is 35.6 Å². The number of aromatic hydroxyl groups is 1. The Morgan fingerprint density at radius 2 is 1.92 bits per heavy atom. The third kappa shape index (κ3) is 4.94. The third-order valence-corrected chi connectivity index (χ3v) is 7.98. The molecule has 0 spiro atoms. The molecular weight excluding hydrogens is 525 g/mol. The summed E-state index contributed by atoms with van der Waals surface area (Å²) in [4.78, 5) is 20.1. The number of carbonyl (C=O) groups is 1. The van der Waals surface area contributed by atoms with Crippen molar-refractivity contribution in [3.8, 4) is 17.0 Å². The van der Waals surface area contributed by atoms with Gasteiger partial charge in [0.2, 0.25) is 11.0 Å². The van der Waals surface area contributed by atoms with Crippen LogP contribution in [0.5, 0.6) is 5.75 Å². The summed E-state index contributed by atoms with van der Waals surface area (Å²) in [5.41, 5.74) is -0.0805. The summed E-state index contributed by atoms with van der Waals surface area (Å²) in [5, 5.41) is 13.3. The number of carbonyl (C=O) groups excluding carboxylic acids is 1. The monoisotopic (exact) mass is 546 g/mol. The minimum absolute atomic E-state index is 0.0163. The molecule has 5 rings (SSSR count). The Kier molecular flexibility index (Phi) is 6.57. The van der Waals surface area contributed by atoms with Gasteiger partial charge >= 0.3 is 6.18 Å². The van der Waals surface area contributed by atoms with E-state index < -0.39 is 33.8 Å². The summed E-state index contributed by atoms with van der Waals surface area (Å²) in [6.45, 7) is 0.141. The zero-order valence-corrected chi connectivity index (χ0v) is 20.5. The molecule has 4 aromatic rings. The van der Waals surface area contributed by atoms with Crippen LogP contribution < -0.4 is 5.32 Å². The third-order valence-electron chi connectivity index (χ3n) is 6.22. The topological polar surface area (TPSA) is 126 Å². The fraction of sp³-hybridized carbons (Fsp3) is 0.240. The Labute approximate surface area is 215 Å². The quantitative estimate of drug-likeness (QED) is 0.373. The van der Waals surface area contributed by atoms with Gasteiger partial charge in [-0.3, -0.25) is 9.78 Å². The van der Waals surface area contributed by atoms with Gasteiger partial charge in [0.1, 0.15) is 17.4 Å². The largest absolute Gasteiger partial charge is 0.507 e. The Balaban J connectivity index is 1.30. The number of hydrogen-bond donors (Lipinski definition) is 2. The first kappa shape index (κ1) is 25.7. The summed E-state index contributed by atoms with van der Waals surface area (Å²) >= 11 is 0. The SMILES string of the molecule is O=C(NCc1ccc(O)c(-c2cnc(C(F)(F)F)cn2)c1)C1CCCN1S(=O)(=O)c1cc2ccccc2o1. The fourth-order valence-corrected chi connectivity index (χ4v) is 5.92. The van der Waals surface area contributed by atoms with E-state index in [-0.39, 0.29) is 35.2 Å². The molecule has 0 saturated carbocycles. The highest BCUT2D eigenvalue weighted by Gasteiger charge is 2.41. The van der Waals surface area contributed by atoms with Crippen molar-refractivity contribution in [3.05, 3.63) is 72.2 Å². The summed E-state index contributed by atoms with van der Waals surface area (Å²) in [7, 11) is -4.06. The van der Waals surface area contributed by atoms with Crippen LogP contribution in [-0.2, 0) is 27.5 Å². The predicted octanol–water partition coefficient (Wildman–Crippen LogP) is 4.08. The van der Waals surface area contributed by atoms with Crippen molar-refractivity contribution in [2.24, 2.45) is 0 Å². The maximum atomic E-state index is 13.3. The van der Waals surface area contributed by atoms with Crippen LogP contribution >= 0.6 is 0 Å². The molecule has 0 bridgehead atoms. The highest BCUT2D eigenvalue weighted by Crippen LogP contribution is 2.32. The molecular formula is C25H21F3N4O5S. The second kappa shape index (κ2) is 9.72. The molecule has 0 radical (unpaired) electrons. The van der Waals surface area contributed by atoms with Crippen LogP contribution in [0.1, 0.15) is 24.1 Å². The molecule has 1 aliphatic rings. The molecule has 3 heterocycles. The Bertz CT molecular complexity index is 1570. The summed E-state index contributed by atoms with van der Waals surface area (Å²) in [6.07, 6.45) is -2.35. The van der Waals surface area contributed by atoms with Crippen LogP contribution in [0.4, 0.5) is 13.2 Å². The van der Waals surface area contributed by atoms with Crippen LogP contribution in [0.25, 0.3) is 22.2 Å². The molecule has 2 N–H and O–H groups in total. The zero-order valence-electron chi connectivity index (χ0n) is 19.6. The normalized spacial score (nSPS) is 16.7. The molecule has 1 fully saturated rings. The molecule has 9 nitrogen and oxygen atoms in total. The number of phenols is 1. The number of hydrogen-bond acceptors (Lipinski definition) is 7. The van der Waals surface area contributed by atoms with Gasteiger partial charge in [0.05, 0.1) is 18.1 Å². The molecule has 0 aliphatic carbocycles. The Morgan fingerprint density at radius 1 is 1.13 bits per heavy atom. The first-order chi connectivity index (χ1) is 18.0.